The zero-order chi connectivity index (χ0) is 20.3. The number of anilines is 1. The van der Waals surface area contributed by atoms with Crippen molar-refractivity contribution >= 4 is 29.1 Å². The highest BCUT2D eigenvalue weighted by Crippen LogP contribution is 2.28. The SMILES string of the molecule is Cc1onc(-c2ccccc2)c1C(=O)Nc1cc(C(=O)NC(C)C)ccc1Cl. The Balaban J connectivity index is 1.90. The molecule has 0 aliphatic heterocycles. The Morgan fingerprint density at radius 1 is 1.07 bits per heavy atom. The normalized spacial score (nSPS) is 10.8. The van der Waals surface area contributed by atoms with Gasteiger partial charge in [-0.05, 0) is 39.0 Å². The van der Waals surface area contributed by atoms with Gasteiger partial charge in [0.1, 0.15) is 17.0 Å². The Bertz CT molecular complexity index is 1010. The average molecular weight is 398 g/mol. The van der Waals surface area contributed by atoms with E-state index in [-0.39, 0.29) is 11.9 Å². The lowest BCUT2D eigenvalue weighted by molar-refractivity contribution is 0.0941. The molecule has 6 nitrogen and oxygen atoms in total. The van der Waals surface area contributed by atoms with E-state index in [9.17, 15) is 9.59 Å². The van der Waals surface area contributed by atoms with E-state index in [1.165, 1.54) is 0 Å². The highest BCUT2D eigenvalue weighted by atomic mass is 35.5. The molecule has 0 bridgehead atoms. The Labute approximate surface area is 167 Å². The van der Waals surface area contributed by atoms with Gasteiger partial charge in [0.05, 0.1) is 10.7 Å². The molecule has 0 fully saturated rings. The predicted octanol–water partition coefficient (Wildman–Crippen LogP) is 4.69. The van der Waals surface area contributed by atoms with Crippen LogP contribution in [0.2, 0.25) is 5.02 Å². The number of aryl methyl sites for hydroxylation is 1. The minimum Gasteiger partial charge on any atom is -0.360 e. The van der Waals surface area contributed by atoms with E-state index in [0.29, 0.717) is 33.3 Å². The molecule has 28 heavy (non-hydrogen) atoms. The maximum atomic E-state index is 12.9. The van der Waals surface area contributed by atoms with Gasteiger partial charge in [-0.15, -0.1) is 0 Å². The molecule has 0 saturated carbocycles. The summed E-state index contributed by atoms with van der Waals surface area (Å²) in [5, 5.41) is 9.91. The number of hydrogen-bond donors (Lipinski definition) is 2. The van der Waals surface area contributed by atoms with Crippen LogP contribution in [0.1, 0.15) is 40.3 Å². The molecule has 144 valence electrons. The third-order valence-electron chi connectivity index (χ3n) is 4.03. The van der Waals surface area contributed by atoms with Gasteiger partial charge in [0.15, 0.2) is 0 Å². The number of hydrogen-bond acceptors (Lipinski definition) is 4. The molecule has 0 atom stereocenters. The van der Waals surface area contributed by atoms with Gasteiger partial charge in [-0.1, -0.05) is 47.1 Å². The molecule has 1 heterocycles. The second-order valence-electron chi connectivity index (χ2n) is 6.61. The van der Waals surface area contributed by atoms with Crippen molar-refractivity contribution in [3.8, 4) is 11.3 Å². The van der Waals surface area contributed by atoms with Crippen molar-refractivity contribution in [3.05, 3.63) is 70.4 Å². The molecule has 0 aliphatic carbocycles. The number of nitrogens with one attached hydrogen (secondary N) is 2. The van der Waals surface area contributed by atoms with Crippen molar-refractivity contribution in [2.45, 2.75) is 26.8 Å². The quantitative estimate of drug-likeness (QED) is 0.653. The van der Waals surface area contributed by atoms with Crippen molar-refractivity contribution < 1.29 is 14.1 Å². The summed E-state index contributed by atoms with van der Waals surface area (Å²) in [6.45, 7) is 5.41. The maximum Gasteiger partial charge on any atom is 0.261 e. The van der Waals surface area contributed by atoms with Crippen LogP contribution in [0.3, 0.4) is 0 Å². The molecular weight excluding hydrogens is 378 g/mol. The van der Waals surface area contributed by atoms with Crippen LogP contribution in [0, 0.1) is 6.92 Å². The van der Waals surface area contributed by atoms with Gasteiger partial charge in [0.2, 0.25) is 0 Å². The summed E-state index contributed by atoms with van der Waals surface area (Å²) in [6, 6.07) is 14.0. The number of rotatable bonds is 5. The van der Waals surface area contributed by atoms with Crippen molar-refractivity contribution in [1.29, 1.82) is 0 Å². The molecule has 3 aromatic rings. The first-order valence-electron chi connectivity index (χ1n) is 8.80. The lowest BCUT2D eigenvalue weighted by Gasteiger charge is -2.12. The van der Waals surface area contributed by atoms with E-state index in [1.807, 2.05) is 44.2 Å². The van der Waals surface area contributed by atoms with E-state index in [4.69, 9.17) is 16.1 Å². The molecule has 0 saturated heterocycles. The lowest BCUT2D eigenvalue weighted by Crippen LogP contribution is -2.30. The van der Waals surface area contributed by atoms with Crippen molar-refractivity contribution in [2.75, 3.05) is 5.32 Å². The predicted molar refractivity (Wildman–Crippen MR) is 109 cm³/mol. The molecule has 7 heteroatoms. The van der Waals surface area contributed by atoms with E-state index < -0.39 is 5.91 Å². The van der Waals surface area contributed by atoms with Gasteiger partial charge in [-0.25, -0.2) is 0 Å². The molecule has 3 rings (SSSR count). The first-order chi connectivity index (χ1) is 13.4. The summed E-state index contributed by atoms with van der Waals surface area (Å²) in [6.07, 6.45) is 0. The summed E-state index contributed by atoms with van der Waals surface area (Å²) >= 11 is 6.22. The van der Waals surface area contributed by atoms with Crippen LogP contribution in [-0.4, -0.2) is 23.0 Å². The molecule has 0 unspecified atom stereocenters. The summed E-state index contributed by atoms with van der Waals surface area (Å²) < 4.78 is 5.24. The minimum absolute atomic E-state index is 0.00527. The summed E-state index contributed by atoms with van der Waals surface area (Å²) in [4.78, 5) is 25.2. The second kappa shape index (κ2) is 8.27. The number of carbonyl (C=O) groups is 2. The standard InChI is InChI=1S/C21H20ClN3O3/c1-12(2)23-20(26)15-9-10-16(22)17(11-15)24-21(27)18-13(3)28-25-19(18)14-7-5-4-6-8-14/h4-12H,1-3H3,(H,23,26)(H,24,27). The van der Waals surface area contributed by atoms with E-state index in [0.717, 1.165) is 5.56 Å². The summed E-state index contributed by atoms with van der Waals surface area (Å²) in [5.41, 5.74) is 2.27. The van der Waals surface area contributed by atoms with Crippen LogP contribution in [0.15, 0.2) is 53.1 Å². The molecule has 0 radical (unpaired) electrons. The second-order valence-corrected chi connectivity index (χ2v) is 7.01. The molecule has 1 aromatic heterocycles. The molecule has 0 aliphatic rings. The van der Waals surface area contributed by atoms with Gasteiger partial charge < -0.3 is 15.2 Å². The first kappa shape index (κ1) is 19.6. The summed E-state index contributed by atoms with van der Waals surface area (Å²) in [7, 11) is 0. The maximum absolute atomic E-state index is 12.9. The van der Waals surface area contributed by atoms with Crippen molar-refractivity contribution in [2.24, 2.45) is 0 Å². The zero-order valence-corrected chi connectivity index (χ0v) is 16.5. The van der Waals surface area contributed by atoms with E-state index in [2.05, 4.69) is 15.8 Å². The monoisotopic (exact) mass is 397 g/mol. The number of halogens is 1. The van der Waals surface area contributed by atoms with E-state index >= 15 is 0 Å². The van der Waals surface area contributed by atoms with Crippen LogP contribution in [0.4, 0.5) is 5.69 Å². The molecule has 2 N–H and O–H groups in total. The van der Waals surface area contributed by atoms with Gasteiger partial charge in [0.25, 0.3) is 11.8 Å². The first-order valence-corrected chi connectivity index (χ1v) is 9.18. The Hall–Kier alpha value is -3.12. The topological polar surface area (TPSA) is 84.2 Å². The number of nitrogens with zero attached hydrogens (tertiary/aromatic N) is 1. The van der Waals surface area contributed by atoms with Crippen molar-refractivity contribution in [3.63, 3.8) is 0 Å². The minimum atomic E-state index is -0.416. The average Bonchev–Trinajstić information content (AvgIpc) is 3.05. The fraction of sp³-hybridized carbons (Fsp3) is 0.190. The third-order valence-corrected chi connectivity index (χ3v) is 4.36. The van der Waals surface area contributed by atoms with Crippen molar-refractivity contribution in [1.82, 2.24) is 10.5 Å². The molecular formula is C21H20ClN3O3. The molecule has 2 amide bonds. The fourth-order valence-electron chi connectivity index (χ4n) is 2.73. The van der Waals surface area contributed by atoms with Crippen LogP contribution in [-0.2, 0) is 0 Å². The highest BCUT2D eigenvalue weighted by molar-refractivity contribution is 6.34. The van der Waals surface area contributed by atoms with Crippen LogP contribution < -0.4 is 10.6 Å². The molecule has 2 aromatic carbocycles. The van der Waals surface area contributed by atoms with Gasteiger partial charge >= 0.3 is 0 Å². The number of benzene rings is 2. The van der Waals surface area contributed by atoms with Gasteiger partial charge in [0, 0.05) is 17.2 Å². The number of carbonyl (C=O) groups excluding carboxylic acids is 2. The molecule has 0 spiro atoms. The Morgan fingerprint density at radius 2 is 1.79 bits per heavy atom. The smallest absolute Gasteiger partial charge is 0.261 e. The lowest BCUT2D eigenvalue weighted by atomic mass is 10.1. The number of aromatic nitrogens is 1. The van der Waals surface area contributed by atoms with E-state index in [1.54, 1.807) is 25.1 Å². The third kappa shape index (κ3) is 4.23. The summed E-state index contributed by atoms with van der Waals surface area (Å²) in [5.74, 6) is -0.268. The largest absolute Gasteiger partial charge is 0.360 e. The highest BCUT2D eigenvalue weighted by Gasteiger charge is 2.22. The van der Waals surface area contributed by atoms with Crippen LogP contribution >= 0.6 is 11.6 Å². The Morgan fingerprint density at radius 3 is 2.46 bits per heavy atom. The Kier molecular flexibility index (Phi) is 5.80. The fourth-order valence-corrected chi connectivity index (χ4v) is 2.89. The van der Waals surface area contributed by atoms with Crippen LogP contribution in [0.5, 0.6) is 0 Å². The van der Waals surface area contributed by atoms with Gasteiger partial charge in [-0.2, -0.15) is 0 Å². The number of amides is 2. The van der Waals surface area contributed by atoms with Crippen LogP contribution in [0.25, 0.3) is 11.3 Å². The zero-order valence-electron chi connectivity index (χ0n) is 15.7. The van der Waals surface area contributed by atoms with Gasteiger partial charge in [-0.3, -0.25) is 9.59 Å².